The number of ketones is 1. The van der Waals surface area contributed by atoms with Gasteiger partial charge in [-0.25, -0.2) is 0 Å². The molecule has 120 valence electrons. The van der Waals surface area contributed by atoms with E-state index in [9.17, 15) is 9.90 Å². The van der Waals surface area contributed by atoms with Crippen molar-refractivity contribution < 1.29 is 9.90 Å². The van der Waals surface area contributed by atoms with Crippen molar-refractivity contribution in [2.45, 2.75) is 63.9 Å². The van der Waals surface area contributed by atoms with E-state index < -0.39 is 5.60 Å². The second-order valence-corrected chi connectivity index (χ2v) is 8.57. The van der Waals surface area contributed by atoms with Gasteiger partial charge in [0.05, 0.1) is 5.60 Å². The van der Waals surface area contributed by atoms with Crippen molar-refractivity contribution in [1.29, 1.82) is 0 Å². The number of carbonyl (C=O) groups excluding carboxylic acids is 1. The Hall–Kier alpha value is -0.410. The number of hydrogen-bond donors (Lipinski definition) is 1. The molecule has 4 aliphatic rings. The molecule has 1 N–H and O–H groups in total. The van der Waals surface area contributed by atoms with E-state index in [4.69, 9.17) is 0 Å². The Balaban J connectivity index is 1.73. The average Bonchev–Trinajstić information content (AvgIpc) is 2.79. The number of rotatable bonds is 1. The fourth-order valence-electron chi connectivity index (χ4n) is 5.86. The summed E-state index contributed by atoms with van der Waals surface area (Å²) in [6.45, 7) is 2.32. The summed E-state index contributed by atoms with van der Waals surface area (Å²) in [5, 5.41) is 11.8. The van der Waals surface area contributed by atoms with Crippen LogP contribution in [0.3, 0.4) is 0 Å². The first-order chi connectivity index (χ1) is 10.5. The molecule has 4 rings (SSSR count). The van der Waals surface area contributed by atoms with Crippen LogP contribution in [0.2, 0.25) is 0 Å². The molecule has 0 saturated heterocycles. The second kappa shape index (κ2) is 5.04. The summed E-state index contributed by atoms with van der Waals surface area (Å²) in [5.41, 5.74) is 4.02. The number of hydrogen-bond acceptors (Lipinski definition) is 2. The second-order valence-electron chi connectivity index (χ2n) is 8.01. The molecule has 0 aliphatic heterocycles. The van der Waals surface area contributed by atoms with Gasteiger partial charge in [-0.15, -0.1) is 0 Å². The Bertz CT molecular complexity index is 590. The Labute approximate surface area is 141 Å². The van der Waals surface area contributed by atoms with E-state index in [2.05, 4.69) is 22.9 Å². The van der Waals surface area contributed by atoms with E-state index in [1.54, 1.807) is 5.57 Å². The Morgan fingerprint density at radius 3 is 2.82 bits per heavy atom. The van der Waals surface area contributed by atoms with Crippen LogP contribution in [0.4, 0.5) is 0 Å². The maximum Gasteiger partial charge on any atom is 0.156 e. The third kappa shape index (κ3) is 1.91. The molecule has 0 amide bonds. The third-order valence-electron chi connectivity index (χ3n) is 7.27. The smallest absolute Gasteiger partial charge is 0.156 e. The lowest BCUT2D eigenvalue weighted by Crippen LogP contribution is -2.50. The maximum atomic E-state index is 11.7. The van der Waals surface area contributed by atoms with Crippen molar-refractivity contribution >= 4 is 21.7 Å². The van der Waals surface area contributed by atoms with Crippen LogP contribution in [-0.4, -0.2) is 21.8 Å². The molecule has 0 radical (unpaired) electrons. The quantitative estimate of drug-likeness (QED) is 0.703. The summed E-state index contributed by atoms with van der Waals surface area (Å²) >= 11 is 3.57. The SMILES string of the molecule is C[C@]12CCC3=C4CCC(=O)C=C4CC[C@H]3[C@@H]1CC[C@@]2(O)CBr. The molecule has 0 heterocycles. The molecule has 0 unspecified atom stereocenters. The largest absolute Gasteiger partial charge is 0.388 e. The van der Waals surface area contributed by atoms with Gasteiger partial charge in [-0.05, 0) is 74.0 Å². The zero-order valence-electron chi connectivity index (χ0n) is 13.3. The fraction of sp³-hybridized carbons (Fsp3) is 0.737. The number of alkyl halides is 1. The van der Waals surface area contributed by atoms with Crippen LogP contribution >= 0.6 is 15.9 Å². The van der Waals surface area contributed by atoms with Gasteiger partial charge in [0, 0.05) is 17.2 Å². The van der Waals surface area contributed by atoms with Crippen molar-refractivity contribution in [2.24, 2.45) is 17.3 Å². The number of halogens is 1. The van der Waals surface area contributed by atoms with Crippen molar-refractivity contribution in [1.82, 2.24) is 0 Å². The topological polar surface area (TPSA) is 37.3 Å². The highest BCUT2D eigenvalue weighted by Gasteiger charge is 2.60. The molecule has 22 heavy (non-hydrogen) atoms. The molecular formula is C19H25BrO2. The molecule has 0 aromatic carbocycles. The molecular weight excluding hydrogens is 340 g/mol. The van der Waals surface area contributed by atoms with Gasteiger partial charge in [0.2, 0.25) is 0 Å². The van der Waals surface area contributed by atoms with Crippen LogP contribution in [0.15, 0.2) is 22.8 Å². The molecule has 2 nitrogen and oxygen atoms in total. The van der Waals surface area contributed by atoms with Crippen molar-refractivity contribution in [3.8, 4) is 0 Å². The lowest BCUT2D eigenvalue weighted by atomic mass is 9.55. The number of fused-ring (bicyclic) bond motifs is 4. The maximum absolute atomic E-state index is 11.7. The Morgan fingerprint density at radius 2 is 2.05 bits per heavy atom. The molecule has 4 atom stereocenters. The van der Waals surface area contributed by atoms with Gasteiger partial charge in [-0.1, -0.05) is 28.4 Å². The highest BCUT2D eigenvalue weighted by Crippen LogP contribution is 2.63. The molecule has 4 aliphatic carbocycles. The summed E-state index contributed by atoms with van der Waals surface area (Å²) < 4.78 is 0. The first-order valence-corrected chi connectivity index (χ1v) is 9.85. The van der Waals surface area contributed by atoms with E-state index in [-0.39, 0.29) is 5.41 Å². The van der Waals surface area contributed by atoms with Gasteiger partial charge in [-0.2, -0.15) is 0 Å². The molecule has 0 aromatic heterocycles. The van der Waals surface area contributed by atoms with E-state index in [1.807, 2.05) is 6.08 Å². The average molecular weight is 365 g/mol. The molecule has 0 spiro atoms. The normalized spacial score (nSPS) is 44.3. The van der Waals surface area contributed by atoms with E-state index >= 15 is 0 Å². The Morgan fingerprint density at radius 1 is 1.23 bits per heavy atom. The van der Waals surface area contributed by atoms with Crippen LogP contribution < -0.4 is 0 Å². The predicted octanol–water partition coefficient (Wildman–Crippen LogP) is 4.32. The standard InChI is InChI=1S/C19H25BrO2/c1-18-8-6-15-14-5-3-13(21)10-12(14)2-4-16(15)17(18)7-9-19(18,22)11-20/h10,16-17,22H,2-9,11H2,1H3/t16-,17+,18+,19-/m1/s1. The van der Waals surface area contributed by atoms with Crippen molar-refractivity contribution in [3.63, 3.8) is 0 Å². The lowest BCUT2D eigenvalue weighted by Gasteiger charge is -2.51. The van der Waals surface area contributed by atoms with Crippen LogP contribution in [-0.2, 0) is 4.79 Å². The lowest BCUT2D eigenvalue weighted by molar-refractivity contribution is -0.114. The van der Waals surface area contributed by atoms with Gasteiger partial charge >= 0.3 is 0 Å². The highest BCUT2D eigenvalue weighted by molar-refractivity contribution is 9.09. The first kappa shape index (κ1) is 15.1. The Kier molecular flexibility index (Phi) is 3.47. The predicted molar refractivity (Wildman–Crippen MR) is 90.9 cm³/mol. The van der Waals surface area contributed by atoms with E-state index in [0.29, 0.717) is 29.4 Å². The first-order valence-electron chi connectivity index (χ1n) is 8.72. The number of allylic oxidation sites excluding steroid dienone is 4. The zero-order chi connectivity index (χ0) is 15.5. The van der Waals surface area contributed by atoms with Gasteiger partial charge in [0.25, 0.3) is 0 Å². The monoisotopic (exact) mass is 364 g/mol. The summed E-state index contributed by atoms with van der Waals surface area (Å²) in [7, 11) is 0. The molecule has 3 heteroatoms. The van der Waals surface area contributed by atoms with E-state index in [0.717, 1.165) is 38.5 Å². The third-order valence-corrected chi connectivity index (χ3v) is 8.20. The molecule has 2 fully saturated rings. The summed E-state index contributed by atoms with van der Waals surface area (Å²) in [4.78, 5) is 11.7. The molecule has 2 saturated carbocycles. The number of aliphatic hydroxyl groups is 1. The van der Waals surface area contributed by atoms with Crippen molar-refractivity contribution in [3.05, 3.63) is 22.8 Å². The van der Waals surface area contributed by atoms with Gasteiger partial charge in [0.15, 0.2) is 5.78 Å². The van der Waals surface area contributed by atoms with Crippen LogP contribution in [0.1, 0.15) is 58.3 Å². The van der Waals surface area contributed by atoms with Crippen molar-refractivity contribution in [2.75, 3.05) is 5.33 Å². The van der Waals surface area contributed by atoms with Gasteiger partial charge < -0.3 is 5.11 Å². The van der Waals surface area contributed by atoms with Crippen LogP contribution in [0.25, 0.3) is 0 Å². The van der Waals surface area contributed by atoms with Crippen LogP contribution in [0, 0.1) is 17.3 Å². The minimum absolute atomic E-state index is 0.0525. The minimum Gasteiger partial charge on any atom is -0.388 e. The minimum atomic E-state index is -0.535. The molecule has 0 aromatic rings. The number of carbonyl (C=O) groups is 1. The summed E-state index contributed by atoms with van der Waals surface area (Å²) in [5.74, 6) is 1.57. The fourth-order valence-corrected chi connectivity index (χ4v) is 6.78. The molecule has 0 bridgehead atoms. The van der Waals surface area contributed by atoms with E-state index in [1.165, 1.54) is 17.6 Å². The highest BCUT2D eigenvalue weighted by atomic mass is 79.9. The van der Waals surface area contributed by atoms with Gasteiger partial charge in [0.1, 0.15) is 0 Å². The van der Waals surface area contributed by atoms with Crippen LogP contribution in [0.5, 0.6) is 0 Å². The zero-order valence-corrected chi connectivity index (χ0v) is 14.9. The summed E-state index contributed by atoms with van der Waals surface area (Å²) in [6.07, 6.45) is 10.1. The summed E-state index contributed by atoms with van der Waals surface area (Å²) in [6, 6.07) is 0. The van der Waals surface area contributed by atoms with Gasteiger partial charge in [-0.3, -0.25) is 4.79 Å².